The minimum Gasteiger partial charge on any atom is -0.339 e. The molecular weight excluding hydrogens is 362 g/mol. The van der Waals surface area contributed by atoms with E-state index in [1.54, 1.807) is 34.1 Å². The number of nitriles is 1. The number of aryl methyl sites for hydroxylation is 1. The average Bonchev–Trinajstić information content (AvgIpc) is 2.71. The van der Waals surface area contributed by atoms with E-state index in [2.05, 4.69) is 0 Å². The molecule has 0 atom stereocenters. The maximum atomic E-state index is 12.6. The Morgan fingerprint density at radius 1 is 1.00 bits per heavy atom. The summed E-state index contributed by atoms with van der Waals surface area (Å²) in [6.07, 6.45) is 1.08. The van der Waals surface area contributed by atoms with Crippen molar-refractivity contribution in [3.05, 3.63) is 70.2 Å². The van der Waals surface area contributed by atoms with Gasteiger partial charge in [0.1, 0.15) is 0 Å². The second kappa shape index (κ2) is 8.70. The Morgan fingerprint density at radius 3 is 2.41 bits per heavy atom. The molecule has 1 saturated heterocycles. The number of hydrogen-bond acceptors (Lipinski definition) is 3. The Hall–Kier alpha value is -2.84. The summed E-state index contributed by atoms with van der Waals surface area (Å²) in [6.45, 7) is 2.05. The van der Waals surface area contributed by atoms with Crippen LogP contribution in [-0.2, 0) is 11.2 Å². The summed E-state index contributed by atoms with van der Waals surface area (Å²) in [6, 6.07) is 16.3. The average molecular weight is 382 g/mol. The highest BCUT2D eigenvalue weighted by Gasteiger charge is 2.24. The molecule has 1 heterocycles. The number of rotatable bonds is 4. The summed E-state index contributed by atoms with van der Waals surface area (Å²) < 4.78 is 0. The molecule has 0 saturated carbocycles. The zero-order valence-electron chi connectivity index (χ0n) is 14.9. The lowest BCUT2D eigenvalue weighted by Crippen LogP contribution is -2.50. The van der Waals surface area contributed by atoms with Crippen LogP contribution >= 0.6 is 11.6 Å². The highest BCUT2D eigenvalue weighted by Crippen LogP contribution is 2.14. The molecule has 0 unspecified atom stereocenters. The van der Waals surface area contributed by atoms with E-state index in [1.165, 1.54) is 0 Å². The molecule has 0 aromatic heterocycles. The van der Waals surface area contributed by atoms with Gasteiger partial charge in [-0.3, -0.25) is 9.59 Å². The Labute approximate surface area is 163 Å². The van der Waals surface area contributed by atoms with Crippen LogP contribution < -0.4 is 0 Å². The fourth-order valence-corrected chi connectivity index (χ4v) is 3.38. The normalized spacial score (nSPS) is 13.9. The van der Waals surface area contributed by atoms with Crippen molar-refractivity contribution in [2.45, 2.75) is 12.8 Å². The predicted molar refractivity (Wildman–Crippen MR) is 103 cm³/mol. The molecule has 0 bridgehead atoms. The zero-order chi connectivity index (χ0) is 19.2. The van der Waals surface area contributed by atoms with Crippen LogP contribution in [0.25, 0.3) is 0 Å². The maximum absolute atomic E-state index is 12.6. The molecule has 0 N–H and O–H groups in total. The molecule has 3 rings (SSSR count). The summed E-state index contributed by atoms with van der Waals surface area (Å²) in [5.41, 5.74) is 2.02. The highest BCUT2D eigenvalue weighted by atomic mass is 35.5. The van der Waals surface area contributed by atoms with Crippen molar-refractivity contribution in [3.8, 4) is 6.07 Å². The number of hydrogen-bond donors (Lipinski definition) is 0. The quantitative estimate of drug-likeness (QED) is 0.817. The minimum absolute atomic E-state index is 0.0913. The minimum atomic E-state index is -0.0990. The van der Waals surface area contributed by atoms with Gasteiger partial charge in [0.25, 0.3) is 5.91 Å². The molecule has 138 valence electrons. The van der Waals surface area contributed by atoms with Gasteiger partial charge >= 0.3 is 0 Å². The van der Waals surface area contributed by atoms with Gasteiger partial charge < -0.3 is 9.80 Å². The van der Waals surface area contributed by atoms with Crippen LogP contribution in [0.4, 0.5) is 0 Å². The van der Waals surface area contributed by atoms with Crippen molar-refractivity contribution >= 4 is 23.4 Å². The predicted octanol–water partition coefficient (Wildman–Crippen LogP) is 3.13. The number of amides is 2. The van der Waals surface area contributed by atoms with E-state index in [0.29, 0.717) is 55.2 Å². The van der Waals surface area contributed by atoms with Gasteiger partial charge in [-0.05, 0) is 42.3 Å². The Morgan fingerprint density at radius 2 is 1.70 bits per heavy atom. The molecule has 0 aliphatic carbocycles. The van der Waals surface area contributed by atoms with Gasteiger partial charge in [0, 0.05) is 43.2 Å². The van der Waals surface area contributed by atoms with Crippen molar-refractivity contribution in [2.75, 3.05) is 26.2 Å². The van der Waals surface area contributed by atoms with Gasteiger partial charge in [-0.15, -0.1) is 0 Å². The lowest BCUT2D eigenvalue weighted by atomic mass is 10.1. The van der Waals surface area contributed by atoms with Crippen LogP contribution in [0, 0.1) is 11.3 Å². The van der Waals surface area contributed by atoms with Gasteiger partial charge in [-0.1, -0.05) is 29.8 Å². The number of halogens is 1. The van der Waals surface area contributed by atoms with Crippen molar-refractivity contribution in [2.24, 2.45) is 0 Å². The maximum Gasteiger partial charge on any atom is 0.254 e. The molecule has 6 heteroatoms. The third-order valence-corrected chi connectivity index (χ3v) is 4.91. The fourth-order valence-electron chi connectivity index (χ4n) is 3.17. The first-order valence-electron chi connectivity index (χ1n) is 8.88. The second-order valence-electron chi connectivity index (χ2n) is 6.50. The first kappa shape index (κ1) is 18.9. The Kier molecular flexibility index (Phi) is 6.10. The lowest BCUT2D eigenvalue weighted by molar-refractivity contribution is -0.132. The fraction of sp³-hybridized carbons (Fsp3) is 0.286. The Balaban J connectivity index is 1.51. The van der Waals surface area contributed by atoms with Crippen molar-refractivity contribution < 1.29 is 9.59 Å². The molecule has 2 aromatic carbocycles. The van der Waals surface area contributed by atoms with Crippen LogP contribution in [0.2, 0.25) is 5.02 Å². The number of benzene rings is 2. The van der Waals surface area contributed by atoms with Gasteiger partial charge in [-0.2, -0.15) is 5.26 Å². The first-order chi connectivity index (χ1) is 13.1. The van der Waals surface area contributed by atoms with E-state index in [1.807, 2.05) is 30.3 Å². The highest BCUT2D eigenvalue weighted by molar-refractivity contribution is 6.30. The van der Waals surface area contributed by atoms with E-state index >= 15 is 0 Å². The molecule has 27 heavy (non-hydrogen) atoms. The summed E-state index contributed by atoms with van der Waals surface area (Å²) in [5, 5.41) is 9.65. The van der Waals surface area contributed by atoms with E-state index in [-0.39, 0.29) is 11.8 Å². The van der Waals surface area contributed by atoms with Gasteiger partial charge in [0.05, 0.1) is 11.6 Å². The van der Waals surface area contributed by atoms with Crippen LogP contribution in [-0.4, -0.2) is 47.8 Å². The molecular formula is C21H20ClN3O2. The molecule has 1 aliphatic heterocycles. The summed E-state index contributed by atoms with van der Waals surface area (Å²) >= 11 is 5.97. The largest absolute Gasteiger partial charge is 0.339 e. The smallest absolute Gasteiger partial charge is 0.254 e. The molecule has 2 aromatic rings. The monoisotopic (exact) mass is 381 g/mol. The molecule has 1 fully saturated rings. The molecule has 1 aliphatic rings. The number of piperazine rings is 1. The van der Waals surface area contributed by atoms with Crippen LogP contribution in [0.3, 0.4) is 0 Å². The van der Waals surface area contributed by atoms with E-state index in [4.69, 9.17) is 16.9 Å². The van der Waals surface area contributed by atoms with Gasteiger partial charge in [-0.25, -0.2) is 0 Å². The SMILES string of the molecule is N#Cc1cccc(C(=O)N2CCN(C(=O)CCc3cccc(Cl)c3)CC2)c1. The number of nitrogens with zero attached hydrogens (tertiary/aromatic N) is 3. The van der Waals surface area contributed by atoms with Crippen molar-refractivity contribution in [1.82, 2.24) is 9.80 Å². The lowest BCUT2D eigenvalue weighted by Gasteiger charge is -2.35. The van der Waals surface area contributed by atoms with E-state index in [0.717, 1.165) is 5.56 Å². The third kappa shape index (κ3) is 4.87. The summed E-state index contributed by atoms with van der Waals surface area (Å²) in [5.74, 6) is -0.00770. The summed E-state index contributed by atoms with van der Waals surface area (Å²) in [4.78, 5) is 28.6. The van der Waals surface area contributed by atoms with Crippen molar-refractivity contribution in [1.29, 1.82) is 5.26 Å². The number of carbonyl (C=O) groups is 2. The summed E-state index contributed by atoms with van der Waals surface area (Å²) in [7, 11) is 0. The van der Waals surface area contributed by atoms with Crippen LogP contribution in [0.1, 0.15) is 27.9 Å². The molecule has 0 radical (unpaired) electrons. The van der Waals surface area contributed by atoms with E-state index in [9.17, 15) is 9.59 Å². The number of carbonyl (C=O) groups excluding carboxylic acids is 2. The first-order valence-corrected chi connectivity index (χ1v) is 9.26. The Bertz CT molecular complexity index is 883. The second-order valence-corrected chi connectivity index (χ2v) is 6.93. The van der Waals surface area contributed by atoms with Crippen molar-refractivity contribution in [3.63, 3.8) is 0 Å². The van der Waals surface area contributed by atoms with Gasteiger partial charge in [0.2, 0.25) is 5.91 Å². The topological polar surface area (TPSA) is 64.4 Å². The molecule has 5 nitrogen and oxygen atoms in total. The van der Waals surface area contributed by atoms with Crippen LogP contribution in [0.15, 0.2) is 48.5 Å². The molecule has 0 spiro atoms. The standard InChI is InChI=1S/C21H20ClN3O2/c22-19-6-2-3-16(14-19)7-8-20(26)24-9-11-25(12-10-24)21(27)18-5-1-4-17(13-18)15-23/h1-6,13-14H,7-12H2. The van der Waals surface area contributed by atoms with Crippen LogP contribution in [0.5, 0.6) is 0 Å². The third-order valence-electron chi connectivity index (χ3n) is 4.67. The zero-order valence-corrected chi connectivity index (χ0v) is 15.7. The van der Waals surface area contributed by atoms with E-state index < -0.39 is 0 Å². The molecule has 2 amide bonds. The van der Waals surface area contributed by atoms with Gasteiger partial charge in [0.15, 0.2) is 0 Å².